The highest BCUT2D eigenvalue weighted by atomic mass is 32.2. The highest BCUT2D eigenvalue weighted by molar-refractivity contribution is 7.99. The molecule has 1 heterocycles. The number of unbranched alkanes of at least 4 members (excludes halogenated alkanes) is 1. The van der Waals surface area contributed by atoms with E-state index in [1.165, 1.54) is 15.5 Å². The molecule has 1 amide bonds. The summed E-state index contributed by atoms with van der Waals surface area (Å²) < 4.78 is 0. The highest BCUT2D eigenvalue weighted by Gasteiger charge is 2.28. The Morgan fingerprint density at radius 3 is 2.19 bits per heavy atom. The van der Waals surface area contributed by atoms with Crippen LogP contribution in [0.2, 0.25) is 0 Å². The summed E-state index contributed by atoms with van der Waals surface area (Å²) >= 11 is 1.79. The zero-order chi connectivity index (χ0) is 27.4. The number of likely N-dealkylation sites (N-methyl/N-ethyl adjacent to an activating group) is 1. The molecule has 3 N–H and O–H groups in total. The summed E-state index contributed by atoms with van der Waals surface area (Å²) in [5.74, 6) is -2.50. The number of hydrogen-bond acceptors (Lipinski definition) is 6. The number of carbonyl (C=O) groups excluding carboxylic acids is 1. The van der Waals surface area contributed by atoms with E-state index in [1.807, 2.05) is 6.07 Å². The van der Waals surface area contributed by atoms with Gasteiger partial charge < -0.3 is 25.3 Å². The van der Waals surface area contributed by atoms with Crippen molar-refractivity contribution in [2.45, 2.75) is 56.4 Å². The Kier molecular flexibility index (Phi) is 12.2. The van der Waals surface area contributed by atoms with Crippen molar-refractivity contribution in [3.63, 3.8) is 0 Å². The van der Waals surface area contributed by atoms with Gasteiger partial charge in [-0.3, -0.25) is 4.79 Å². The molecule has 1 unspecified atom stereocenters. The topological polar surface area (TPSA) is 110 Å². The molecule has 3 rings (SSSR count). The van der Waals surface area contributed by atoms with E-state index in [-0.39, 0.29) is 5.91 Å². The molecule has 0 saturated heterocycles. The maximum absolute atomic E-state index is 12.7. The Hall–Kier alpha value is -3.30. The van der Waals surface area contributed by atoms with Gasteiger partial charge in [-0.15, -0.1) is 0 Å². The van der Waals surface area contributed by atoms with Crippen LogP contribution in [0, 0.1) is 0 Å². The molecule has 37 heavy (non-hydrogen) atoms. The zero-order valence-electron chi connectivity index (χ0n) is 21.9. The van der Waals surface area contributed by atoms with Crippen LogP contribution in [-0.4, -0.2) is 65.2 Å². The van der Waals surface area contributed by atoms with Gasteiger partial charge in [0.1, 0.15) is 0 Å². The number of benzene rings is 2. The summed E-state index contributed by atoms with van der Waals surface area (Å²) in [6, 6.07) is 15.0. The fraction of sp³-hybridized carbons (Fsp3) is 0.393. The normalized spacial score (nSPS) is 12.8. The fourth-order valence-electron chi connectivity index (χ4n) is 3.96. The van der Waals surface area contributed by atoms with Crippen molar-refractivity contribution in [3.8, 4) is 0 Å². The molecule has 1 aliphatic heterocycles. The third-order valence-corrected chi connectivity index (χ3v) is 7.00. The van der Waals surface area contributed by atoms with E-state index in [4.69, 9.17) is 10.2 Å². The van der Waals surface area contributed by atoms with E-state index in [1.54, 1.807) is 11.8 Å². The number of hydrogen-bond donors (Lipinski definition) is 3. The molecular formula is C28H37N3O5S. The monoisotopic (exact) mass is 527 g/mol. The maximum atomic E-state index is 12.7. The van der Waals surface area contributed by atoms with Gasteiger partial charge in [0.25, 0.3) is 5.91 Å². The first-order valence-corrected chi connectivity index (χ1v) is 13.4. The Balaban J connectivity index is 0.000000521. The second-order valence-corrected chi connectivity index (χ2v) is 9.66. The highest BCUT2D eigenvalue weighted by Crippen LogP contribution is 2.49. The second-order valence-electron chi connectivity index (χ2n) is 8.58. The molecule has 0 aliphatic carbocycles. The van der Waals surface area contributed by atoms with Gasteiger partial charge in [0.05, 0.1) is 11.4 Å². The first-order valence-electron chi connectivity index (χ1n) is 12.6. The van der Waals surface area contributed by atoms with Crippen LogP contribution >= 0.6 is 11.8 Å². The van der Waals surface area contributed by atoms with E-state index in [9.17, 15) is 14.4 Å². The summed E-state index contributed by atoms with van der Waals surface area (Å²) in [6.45, 7) is 12.6. The molecule has 0 bridgehead atoms. The van der Waals surface area contributed by atoms with Crippen LogP contribution in [0.25, 0.3) is 0 Å². The van der Waals surface area contributed by atoms with Gasteiger partial charge in [-0.1, -0.05) is 51.1 Å². The number of fused-ring (bicyclic) bond motifs is 2. The average molecular weight is 528 g/mol. The number of nitrogens with zero attached hydrogens (tertiary/aromatic N) is 2. The smallest absolute Gasteiger partial charge is 0.328 e. The molecular weight excluding hydrogens is 490 g/mol. The molecule has 9 heteroatoms. The Bertz CT molecular complexity index is 1080. The number of carboxylic acids is 2. The third kappa shape index (κ3) is 8.94. The van der Waals surface area contributed by atoms with Crippen molar-refractivity contribution in [1.82, 2.24) is 10.2 Å². The van der Waals surface area contributed by atoms with Crippen LogP contribution in [-0.2, 0) is 9.59 Å². The SMILES string of the molecule is CCCCNC(=O)c1ccc2c(c1)N(C(C)CN(CC)CC)c1ccccc1S2.O=C(O)/C=C/C(=O)O. The molecule has 2 aromatic carbocycles. The lowest BCUT2D eigenvalue weighted by molar-refractivity contribution is -0.134. The second kappa shape index (κ2) is 15.1. The predicted octanol–water partition coefficient (Wildman–Crippen LogP) is 5.26. The zero-order valence-corrected chi connectivity index (χ0v) is 22.8. The van der Waals surface area contributed by atoms with Gasteiger partial charge in [0.15, 0.2) is 0 Å². The lowest BCUT2D eigenvalue weighted by atomic mass is 10.1. The van der Waals surface area contributed by atoms with E-state index in [2.05, 4.69) is 79.2 Å². The van der Waals surface area contributed by atoms with Crippen LogP contribution in [0.5, 0.6) is 0 Å². The van der Waals surface area contributed by atoms with E-state index in [0.29, 0.717) is 18.2 Å². The molecule has 0 spiro atoms. The molecule has 1 atom stereocenters. The van der Waals surface area contributed by atoms with Crippen molar-refractivity contribution < 1.29 is 24.6 Å². The number of aliphatic carboxylic acids is 2. The van der Waals surface area contributed by atoms with Crippen molar-refractivity contribution in [2.24, 2.45) is 0 Å². The molecule has 0 saturated carbocycles. The van der Waals surface area contributed by atoms with Crippen LogP contribution in [0.15, 0.2) is 64.4 Å². The minimum atomic E-state index is -1.26. The first kappa shape index (κ1) is 29.9. The Labute approximate surface area is 223 Å². The standard InChI is InChI=1S/C24H33N3OS.C4H4O4/c1-5-8-15-25-24(28)19-13-14-23-21(16-19)27(18(4)17-26(6-2)7-3)20-11-9-10-12-22(20)29-23;5-3(6)1-2-4(7)8/h9-14,16,18H,5-8,15,17H2,1-4H3,(H,25,28);1-2H,(H,5,6)(H,7,8)/b;2-1+. The summed E-state index contributed by atoms with van der Waals surface area (Å²) in [5.41, 5.74) is 3.10. The molecule has 0 aromatic heterocycles. The van der Waals surface area contributed by atoms with Gasteiger partial charge in [-0.2, -0.15) is 0 Å². The van der Waals surface area contributed by atoms with Crippen molar-refractivity contribution >= 4 is 41.0 Å². The molecule has 200 valence electrons. The largest absolute Gasteiger partial charge is 0.478 e. The molecule has 0 fully saturated rings. The molecule has 0 radical (unpaired) electrons. The number of carbonyl (C=O) groups is 3. The number of nitrogens with one attached hydrogen (secondary N) is 1. The summed E-state index contributed by atoms with van der Waals surface area (Å²) in [7, 11) is 0. The molecule has 1 aliphatic rings. The summed E-state index contributed by atoms with van der Waals surface area (Å²) in [6.07, 6.45) is 3.20. The van der Waals surface area contributed by atoms with E-state index >= 15 is 0 Å². The number of para-hydroxylation sites is 1. The van der Waals surface area contributed by atoms with Gasteiger partial charge in [-0.05, 0) is 56.8 Å². The maximum Gasteiger partial charge on any atom is 0.328 e. The summed E-state index contributed by atoms with van der Waals surface area (Å²) in [5, 5.41) is 18.7. The minimum Gasteiger partial charge on any atom is -0.478 e. The van der Waals surface area contributed by atoms with Crippen molar-refractivity contribution in [2.75, 3.05) is 31.1 Å². The minimum absolute atomic E-state index is 0.0152. The van der Waals surface area contributed by atoms with E-state index in [0.717, 1.165) is 50.3 Å². The van der Waals surface area contributed by atoms with E-state index < -0.39 is 11.9 Å². The van der Waals surface area contributed by atoms with Crippen LogP contribution in [0.3, 0.4) is 0 Å². The quantitative estimate of drug-likeness (QED) is 0.268. The van der Waals surface area contributed by atoms with Crippen LogP contribution in [0.4, 0.5) is 11.4 Å². The van der Waals surface area contributed by atoms with Gasteiger partial charge in [0.2, 0.25) is 0 Å². The lowest BCUT2D eigenvalue weighted by Crippen LogP contribution is -2.41. The number of rotatable bonds is 11. The number of carboxylic acid groups (broad SMARTS) is 2. The lowest BCUT2D eigenvalue weighted by Gasteiger charge is -2.39. The Morgan fingerprint density at radius 2 is 1.59 bits per heavy atom. The van der Waals surface area contributed by atoms with Gasteiger partial charge in [0, 0.05) is 46.6 Å². The third-order valence-electron chi connectivity index (χ3n) is 5.87. The predicted molar refractivity (Wildman–Crippen MR) is 148 cm³/mol. The van der Waals surface area contributed by atoms with Crippen LogP contribution in [0.1, 0.15) is 50.9 Å². The van der Waals surface area contributed by atoms with Gasteiger partial charge in [-0.25, -0.2) is 9.59 Å². The fourth-order valence-corrected chi connectivity index (χ4v) is 5.01. The molecule has 2 aromatic rings. The van der Waals surface area contributed by atoms with Crippen molar-refractivity contribution in [1.29, 1.82) is 0 Å². The Morgan fingerprint density at radius 1 is 0.973 bits per heavy atom. The average Bonchev–Trinajstić information content (AvgIpc) is 2.89. The number of anilines is 2. The molecule has 8 nitrogen and oxygen atoms in total. The first-order chi connectivity index (χ1) is 17.7. The van der Waals surface area contributed by atoms with Crippen molar-refractivity contribution in [3.05, 3.63) is 60.2 Å². The van der Waals surface area contributed by atoms with Gasteiger partial charge >= 0.3 is 11.9 Å². The summed E-state index contributed by atoms with van der Waals surface area (Å²) in [4.78, 5) is 39.1. The van der Waals surface area contributed by atoms with Crippen LogP contribution < -0.4 is 10.2 Å². The number of amides is 1.